The summed E-state index contributed by atoms with van der Waals surface area (Å²) in [6.07, 6.45) is 4.91. The third kappa shape index (κ3) is 5.01. The number of hydrogen-bond acceptors (Lipinski definition) is 2. The molecule has 6 heteroatoms. The van der Waals surface area contributed by atoms with Crippen molar-refractivity contribution in [1.29, 1.82) is 5.26 Å². The molecule has 1 aromatic carbocycles. The number of halogens is 1. The van der Waals surface area contributed by atoms with Gasteiger partial charge in [-0.15, -0.1) is 0 Å². The van der Waals surface area contributed by atoms with Crippen LogP contribution in [0.4, 0.5) is 0 Å². The zero-order valence-corrected chi connectivity index (χ0v) is 17.0. The van der Waals surface area contributed by atoms with Crippen LogP contribution in [0.1, 0.15) is 37.7 Å². The highest BCUT2D eigenvalue weighted by Crippen LogP contribution is 2.32. The Hall–Kier alpha value is -1.61. The van der Waals surface area contributed by atoms with Crippen molar-refractivity contribution in [2.45, 2.75) is 44.2 Å². The Kier molecular flexibility index (Phi) is 6.75. The number of rotatable bonds is 5. The van der Waals surface area contributed by atoms with E-state index in [0.717, 1.165) is 63.4 Å². The van der Waals surface area contributed by atoms with E-state index in [1.165, 1.54) is 16.9 Å². The molecule has 1 saturated heterocycles. The Morgan fingerprint density at radius 1 is 1.11 bits per heavy atom. The number of quaternary nitrogens is 2. The van der Waals surface area contributed by atoms with Gasteiger partial charge in [0, 0.05) is 17.6 Å². The summed E-state index contributed by atoms with van der Waals surface area (Å²) in [5, 5.41) is 10.5. The van der Waals surface area contributed by atoms with E-state index in [9.17, 15) is 10.1 Å². The topological polar surface area (TPSA) is 53.0 Å². The van der Waals surface area contributed by atoms with E-state index in [1.54, 1.807) is 9.80 Å². The predicted molar refractivity (Wildman–Crippen MR) is 106 cm³/mol. The summed E-state index contributed by atoms with van der Waals surface area (Å²) in [5.74, 6) is 0.120. The third-order valence-electron chi connectivity index (χ3n) is 6.34. The minimum Gasteiger partial charge on any atom is -0.322 e. The maximum Gasteiger partial charge on any atom is 0.278 e. The van der Waals surface area contributed by atoms with E-state index in [-0.39, 0.29) is 5.91 Å². The van der Waals surface area contributed by atoms with Gasteiger partial charge in [0.2, 0.25) is 0 Å². The van der Waals surface area contributed by atoms with Crippen molar-refractivity contribution in [2.75, 3.05) is 39.8 Å². The molecule has 0 aromatic heterocycles. The number of nitriles is 1. The summed E-state index contributed by atoms with van der Waals surface area (Å²) in [6, 6.07) is 10.5. The van der Waals surface area contributed by atoms with Crippen LogP contribution in [0.3, 0.4) is 0 Å². The van der Waals surface area contributed by atoms with E-state index < -0.39 is 5.54 Å². The third-order valence-corrected chi connectivity index (χ3v) is 6.59. The largest absolute Gasteiger partial charge is 0.322 e. The normalized spacial score (nSPS) is 24.8. The Balaban J connectivity index is 1.47. The maximum atomic E-state index is 12.8. The predicted octanol–water partition coefficient (Wildman–Crippen LogP) is 0.308. The van der Waals surface area contributed by atoms with Crippen LogP contribution in [0.5, 0.6) is 0 Å². The first-order valence-corrected chi connectivity index (χ1v) is 10.5. The molecule has 0 spiro atoms. The summed E-state index contributed by atoms with van der Waals surface area (Å²) in [6.45, 7) is 5.66. The van der Waals surface area contributed by atoms with Gasteiger partial charge in [-0.25, -0.2) is 0 Å². The molecule has 0 bridgehead atoms. The minimum atomic E-state index is -0.573. The molecule has 2 fully saturated rings. The van der Waals surface area contributed by atoms with Crippen molar-refractivity contribution >= 4 is 17.5 Å². The van der Waals surface area contributed by atoms with Gasteiger partial charge in [-0.1, -0.05) is 43.0 Å². The lowest BCUT2D eigenvalue weighted by Gasteiger charge is -2.39. The van der Waals surface area contributed by atoms with Crippen molar-refractivity contribution in [1.82, 2.24) is 4.90 Å². The lowest BCUT2D eigenvalue weighted by Crippen LogP contribution is -3.28. The first-order chi connectivity index (χ1) is 13.0. The number of piperazine rings is 1. The molecule has 27 heavy (non-hydrogen) atoms. The first kappa shape index (κ1) is 20.1. The lowest BCUT2D eigenvalue weighted by atomic mass is 9.81. The number of carbonyl (C=O) groups excluding carboxylic acids is 1. The molecule has 1 aliphatic heterocycles. The number of carbonyl (C=O) groups is 1. The Morgan fingerprint density at radius 2 is 1.70 bits per heavy atom. The second-order valence-electron chi connectivity index (χ2n) is 8.14. The summed E-state index contributed by atoms with van der Waals surface area (Å²) in [7, 11) is 1.83. The van der Waals surface area contributed by atoms with E-state index >= 15 is 0 Å². The van der Waals surface area contributed by atoms with E-state index in [1.807, 2.05) is 19.2 Å². The fourth-order valence-electron chi connectivity index (χ4n) is 4.43. The van der Waals surface area contributed by atoms with Gasteiger partial charge in [-0.2, -0.15) is 5.26 Å². The van der Waals surface area contributed by atoms with Crippen LogP contribution < -0.4 is 9.80 Å². The standard InChI is InChI=1S/C21H29ClN4O/c1-24(21(17-23)9-3-2-4-10-21)20(27)16-26-13-11-25(12-14-26)15-18-5-7-19(22)8-6-18/h5-8H,2-4,9-16H2,1H3/p+2. The number of nitrogens with zero attached hydrogens (tertiary/aromatic N) is 2. The van der Waals surface area contributed by atoms with Crippen molar-refractivity contribution < 1.29 is 14.6 Å². The number of amides is 1. The van der Waals surface area contributed by atoms with Crippen LogP contribution >= 0.6 is 11.6 Å². The van der Waals surface area contributed by atoms with Gasteiger partial charge in [0.05, 0.1) is 6.07 Å². The highest BCUT2D eigenvalue weighted by atomic mass is 35.5. The Bertz CT molecular complexity index is 670. The molecule has 3 rings (SSSR count). The summed E-state index contributed by atoms with van der Waals surface area (Å²) in [5.41, 5.74) is 0.734. The van der Waals surface area contributed by atoms with E-state index in [2.05, 4.69) is 18.2 Å². The second-order valence-corrected chi connectivity index (χ2v) is 8.57. The zero-order chi connectivity index (χ0) is 19.3. The molecule has 1 saturated carbocycles. The molecule has 2 N–H and O–H groups in total. The molecule has 1 aromatic rings. The average Bonchev–Trinajstić information content (AvgIpc) is 2.71. The van der Waals surface area contributed by atoms with Crippen LogP contribution in [-0.4, -0.2) is 56.1 Å². The summed E-state index contributed by atoms with van der Waals surface area (Å²) in [4.78, 5) is 17.5. The quantitative estimate of drug-likeness (QED) is 0.760. The smallest absolute Gasteiger partial charge is 0.278 e. The van der Waals surface area contributed by atoms with Crippen LogP contribution in [0.25, 0.3) is 0 Å². The fourth-order valence-corrected chi connectivity index (χ4v) is 4.56. The van der Waals surface area contributed by atoms with Gasteiger partial charge in [0.15, 0.2) is 6.54 Å². The van der Waals surface area contributed by atoms with Gasteiger partial charge in [0.1, 0.15) is 38.3 Å². The van der Waals surface area contributed by atoms with Gasteiger partial charge < -0.3 is 14.7 Å². The van der Waals surface area contributed by atoms with Crippen molar-refractivity contribution in [3.05, 3.63) is 34.9 Å². The van der Waals surface area contributed by atoms with Crippen LogP contribution in [0, 0.1) is 11.3 Å². The van der Waals surface area contributed by atoms with E-state index in [0.29, 0.717) is 6.54 Å². The minimum absolute atomic E-state index is 0.120. The molecule has 1 aliphatic carbocycles. The summed E-state index contributed by atoms with van der Waals surface area (Å²) < 4.78 is 0. The SMILES string of the molecule is CN(C(=O)C[NH+]1CC[NH+](Cc2ccc(Cl)cc2)CC1)C1(C#N)CCCCC1. The number of benzene rings is 1. The maximum absolute atomic E-state index is 12.8. The van der Waals surface area contributed by atoms with E-state index in [4.69, 9.17) is 11.6 Å². The van der Waals surface area contributed by atoms with Crippen molar-refractivity contribution in [3.8, 4) is 6.07 Å². The number of likely N-dealkylation sites (N-methyl/N-ethyl adjacent to an activating group) is 1. The molecule has 2 aliphatic rings. The van der Waals surface area contributed by atoms with Crippen LogP contribution in [0.2, 0.25) is 5.02 Å². The van der Waals surface area contributed by atoms with Crippen molar-refractivity contribution in [2.24, 2.45) is 0 Å². The molecular formula is C21H31ClN4O+2. The summed E-state index contributed by atoms with van der Waals surface area (Å²) >= 11 is 5.96. The van der Waals surface area contributed by atoms with Crippen LogP contribution in [-0.2, 0) is 11.3 Å². The Labute approximate surface area is 167 Å². The fraction of sp³-hybridized carbons (Fsp3) is 0.619. The van der Waals surface area contributed by atoms with Gasteiger partial charge >= 0.3 is 0 Å². The van der Waals surface area contributed by atoms with Crippen molar-refractivity contribution in [3.63, 3.8) is 0 Å². The molecule has 0 radical (unpaired) electrons. The molecule has 1 amide bonds. The second kappa shape index (κ2) is 9.05. The van der Waals surface area contributed by atoms with Crippen LogP contribution in [0.15, 0.2) is 24.3 Å². The molecule has 146 valence electrons. The first-order valence-electron chi connectivity index (χ1n) is 10.1. The number of nitrogens with one attached hydrogen (secondary N) is 2. The highest BCUT2D eigenvalue weighted by molar-refractivity contribution is 6.30. The molecule has 5 nitrogen and oxygen atoms in total. The number of hydrogen-bond donors (Lipinski definition) is 2. The highest BCUT2D eigenvalue weighted by Gasteiger charge is 2.40. The Morgan fingerprint density at radius 3 is 2.30 bits per heavy atom. The van der Waals surface area contributed by atoms with Gasteiger partial charge in [-0.3, -0.25) is 4.79 Å². The lowest BCUT2D eigenvalue weighted by molar-refractivity contribution is -1.02. The average molecular weight is 391 g/mol. The zero-order valence-electron chi connectivity index (χ0n) is 16.3. The van der Waals surface area contributed by atoms with Gasteiger partial charge in [-0.05, 0) is 25.0 Å². The van der Waals surface area contributed by atoms with Gasteiger partial charge in [0.25, 0.3) is 5.91 Å². The molecule has 0 unspecified atom stereocenters. The molecule has 1 heterocycles. The molecule has 0 atom stereocenters. The monoisotopic (exact) mass is 390 g/mol. The molecular weight excluding hydrogens is 360 g/mol.